The Balaban J connectivity index is 2.86. The van der Waals surface area contributed by atoms with Crippen LogP contribution < -0.4 is 0 Å². The van der Waals surface area contributed by atoms with Crippen molar-refractivity contribution in [3.05, 3.63) is 0 Å². The summed E-state index contributed by atoms with van der Waals surface area (Å²) >= 11 is 0. The number of carboxylic acid groups (broad SMARTS) is 1. The maximum atomic E-state index is 9.99. The van der Waals surface area contributed by atoms with Crippen LogP contribution in [0.4, 0.5) is 0 Å². The van der Waals surface area contributed by atoms with E-state index < -0.39 is 5.97 Å². The van der Waals surface area contributed by atoms with Gasteiger partial charge in [0.25, 0.3) is 0 Å². The summed E-state index contributed by atoms with van der Waals surface area (Å²) in [6.45, 7) is 1.25. The van der Waals surface area contributed by atoms with Crippen LogP contribution in [0.5, 0.6) is 0 Å². The minimum atomic E-state index is -0.869. The molecule has 2 N–H and O–H groups in total. The lowest BCUT2D eigenvalue weighted by molar-refractivity contribution is -0.138. The van der Waals surface area contributed by atoms with Crippen LogP contribution in [0.25, 0.3) is 0 Å². The van der Waals surface area contributed by atoms with Gasteiger partial charge in [-0.3, -0.25) is 4.79 Å². The van der Waals surface area contributed by atoms with E-state index in [1.54, 1.807) is 0 Å². The molecule has 0 aromatic carbocycles. The molecule has 0 fully saturated rings. The zero-order valence-corrected chi connectivity index (χ0v) is 6.86. The van der Waals surface area contributed by atoms with E-state index in [9.17, 15) is 4.79 Å². The molecule has 0 amide bonds. The summed E-state index contributed by atoms with van der Waals surface area (Å²) in [7, 11) is 0. The first-order valence-corrected chi connectivity index (χ1v) is 3.75. The number of ether oxygens (including phenoxy) is 2. The Hall–Kier alpha value is -0.650. The SMILES string of the molecule is O=C(O)CCOCCOCCO. The Kier molecular flexibility index (Phi) is 7.99. The van der Waals surface area contributed by atoms with Crippen LogP contribution in [-0.2, 0) is 14.3 Å². The Morgan fingerprint density at radius 3 is 2.17 bits per heavy atom. The van der Waals surface area contributed by atoms with Gasteiger partial charge < -0.3 is 19.7 Å². The van der Waals surface area contributed by atoms with Gasteiger partial charge in [-0.25, -0.2) is 0 Å². The van der Waals surface area contributed by atoms with Crippen molar-refractivity contribution in [2.24, 2.45) is 0 Å². The highest BCUT2D eigenvalue weighted by molar-refractivity contribution is 5.66. The highest BCUT2D eigenvalue weighted by Crippen LogP contribution is 1.83. The average Bonchev–Trinajstić information content (AvgIpc) is 2.02. The minimum absolute atomic E-state index is 0.00484. The summed E-state index contributed by atoms with van der Waals surface area (Å²) in [6.07, 6.45) is 0.0139. The minimum Gasteiger partial charge on any atom is -0.481 e. The Bertz CT molecular complexity index is 114. The summed E-state index contributed by atoms with van der Waals surface area (Å²) < 4.78 is 9.77. The van der Waals surface area contributed by atoms with Crippen molar-refractivity contribution in [2.45, 2.75) is 6.42 Å². The Morgan fingerprint density at radius 2 is 1.67 bits per heavy atom. The van der Waals surface area contributed by atoms with Crippen molar-refractivity contribution < 1.29 is 24.5 Å². The third-order valence-corrected chi connectivity index (χ3v) is 1.07. The molecule has 0 heterocycles. The number of hydrogen-bond acceptors (Lipinski definition) is 4. The molecule has 0 saturated heterocycles. The van der Waals surface area contributed by atoms with Gasteiger partial charge in [-0.05, 0) is 0 Å². The van der Waals surface area contributed by atoms with Crippen molar-refractivity contribution in [1.82, 2.24) is 0 Å². The van der Waals surface area contributed by atoms with Crippen molar-refractivity contribution >= 4 is 5.97 Å². The van der Waals surface area contributed by atoms with Crippen LogP contribution in [0.1, 0.15) is 6.42 Å². The predicted molar refractivity (Wildman–Crippen MR) is 41.0 cm³/mol. The van der Waals surface area contributed by atoms with E-state index in [4.69, 9.17) is 19.7 Å². The van der Waals surface area contributed by atoms with Gasteiger partial charge in [0.1, 0.15) is 0 Å². The van der Waals surface area contributed by atoms with Crippen LogP contribution in [0.2, 0.25) is 0 Å². The van der Waals surface area contributed by atoms with Crippen molar-refractivity contribution in [3.63, 3.8) is 0 Å². The zero-order chi connectivity index (χ0) is 9.23. The van der Waals surface area contributed by atoms with Crippen LogP contribution in [0, 0.1) is 0 Å². The molecule has 0 aromatic rings. The van der Waals surface area contributed by atoms with Gasteiger partial charge in [0.05, 0.1) is 39.5 Å². The molecule has 0 bridgehead atoms. The normalized spacial score (nSPS) is 10.1. The molecule has 0 aromatic heterocycles. The van der Waals surface area contributed by atoms with E-state index in [0.29, 0.717) is 19.8 Å². The highest BCUT2D eigenvalue weighted by Gasteiger charge is 1.95. The molecular weight excluding hydrogens is 164 g/mol. The first-order valence-electron chi connectivity index (χ1n) is 3.75. The molecule has 0 aliphatic carbocycles. The molecule has 0 spiro atoms. The van der Waals surface area contributed by atoms with E-state index in [-0.39, 0.29) is 19.6 Å². The van der Waals surface area contributed by atoms with Crippen LogP contribution in [-0.4, -0.2) is 49.2 Å². The topological polar surface area (TPSA) is 76.0 Å². The molecule has 0 atom stereocenters. The summed E-state index contributed by atoms with van der Waals surface area (Å²) in [4.78, 5) is 9.99. The standard InChI is InChI=1S/C7H14O5/c8-2-4-12-6-5-11-3-1-7(9)10/h8H,1-6H2,(H,9,10). The van der Waals surface area contributed by atoms with E-state index in [0.717, 1.165) is 0 Å². The fourth-order valence-corrected chi connectivity index (χ4v) is 0.546. The molecule has 12 heavy (non-hydrogen) atoms. The zero-order valence-electron chi connectivity index (χ0n) is 6.86. The highest BCUT2D eigenvalue weighted by atomic mass is 16.5. The van der Waals surface area contributed by atoms with Gasteiger partial charge in [0.15, 0.2) is 0 Å². The fourth-order valence-electron chi connectivity index (χ4n) is 0.546. The summed E-state index contributed by atoms with van der Waals surface area (Å²) in [5, 5.41) is 16.5. The van der Waals surface area contributed by atoms with Crippen LogP contribution in [0.3, 0.4) is 0 Å². The second-order valence-corrected chi connectivity index (χ2v) is 2.09. The molecule has 5 heteroatoms. The number of aliphatic hydroxyl groups excluding tert-OH is 1. The molecule has 0 rings (SSSR count). The average molecular weight is 178 g/mol. The molecule has 0 unspecified atom stereocenters. The smallest absolute Gasteiger partial charge is 0.305 e. The Morgan fingerprint density at radius 1 is 1.08 bits per heavy atom. The lowest BCUT2D eigenvalue weighted by Crippen LogP contribution is -2.09. The van der Waals surface area contributed by atoms with E-state index in [1.165, 1.54) is 0 Å². The van der Waals surface area contributed by atoms with Gasteiger partial charge in [-0.1, -0.05) is 0 Å². The lowest BCUT2D eigenvalue weighted by Gasteiger charge is -2.02. The second kappa shape index (κ2) is 8.45. The molecule has 0 aliphatic rings. The molecule has 5 nitrogen and oxygen atoms in total. The van der Waals surface area contributed by atoms with E-state index in [2.05, 4.69) is 0 Å². The van der Waals surface area contributed by atoms with Crippen molar-refractivity contribution in [1.29, 1.82) is 0 Å². The third-order valence-electron chi connectivity index (χ3n) is 1.07. The van der Waals surface area contributed by atoms with Gasteiger partial charge >= 0.3 is 5.97 Å². The number of carbonyl (C=O) groups is 1. The Labute approximate surface area is 70.9 Å². The lowest BCUT2D eigenvalue weighted by atomic mass is 10.5. The first kappa shape index (κ1) is 11.4. The van der Waals surface area contributed by atoms with Gasteiger partial charge in [0.2, 0.25) is 0 Å². The first-order chi connectivity index (χ1) is 5.77. The number of hydrogen-bond donors (Lipinski definition) is 2. The molecular formula is C7H14O5. The summed E-state index contributed by atoms with van der Waals surface area (Å²) in [5.41, 5.74) is 0. The number of aliphatic hydroxyl groups is 1. The van der Waals surface area contributed by atoms with E-state index >= 15 is 0 Å². The predicted octanol–water partition coefficient (Wildman–Crippen LogP) is -0.513. The largest absolute Gasteiger partial charge is 0.481 e. The molecule has 0 radical (unpaired) electrons. The van der Waals surface area contributed by atoms with Crippen molar-refractivity contribution in [2.75, 3.05) is 33.0 Å². The van der Waals surface area contributed by atoms with Crippen LogP contribution in [0.15, 0.2) is 0 Å². The number of aliphatic carboxylic acids is 1. The van der Waals surface area contributed by atoms with Gasteiger partial charge in [-0.15, -0.1) is 0 Å². The van der Waals surface area contributed by atoms with Gasteiger partial charge in [-0.2, -0.15) is 0 Å². The number of carboxylic acids is 1. The van der Waals surface area contributed by atoms with Crippen LogP contribution >= 0.6 is 0 Å². The maximum absolute atomic E-state index is 9.99. The molecule has 0 saturated carbocycles. The van der Waals surface area contributed by atoms with Gasteiger partial charge in [0, 0.05) is 0 Å². The third kappa shape index (κ3) is 9.35. The quantitative estimate of drug-likeness (QED) is 0.489. The maximum Gasteiger partial charge on any atom is 0.305 e. The van der Waals surface area contributed by atoms with Crippen molar-refractivity contribution in [3.8, 4) is 0 Å². The summed E-state index contributed by atoms with van der Waals surface area (Å²) in [6, 6.07) is 0. The number of rotatable bonds is 8. The monoisotopic (exact) mass is 178 g/mol. The molecule has 0 aliphatic heterocycles. The second-order valence-electron chi connectivity index (χ2n) is 2.09. The molecule has 72 valence electrons. The summed E-state index contributed by atoms with van der Waals surface area (Å²) in [5.74, 6) is -0.869. The van der Waals surface area contributed by atoms with E-state index in [1.807, 2.05) is 0 Å². The fraction of sp³-hybridized carbons (Fsp3) is 0.857.